The van der Waals surface area contributed by atoms with Crippen LogP contribution < -0.4 is 0 Å². The highest BCUT2D eigenvalue weighted by Crippen LogP contribution is 2.43. The van der Waals surface area contributed by atoms with Gasteiger partial charge >= 0.3 is 19.8 Å². The minimum absolute atomic E-state index is 0.0308. The smallest absolute Gasteiger partial charge is 0.462 e. The number of unbranched alkanes of at least 4 members (excludes halogenated alkanes) is 20. The van der Waals surface area contributed by atoms with Crippen molar-refractivity contribution in [3.63, 3.8) is 0 Å². The van der Waals surface area contributed by atoms with E-state index in [2.05, 4.69) is 25.7 Å². The number of phosphoric acid groups is 1. The third-order valence-corrected chi connectivity index (χ3v) is 9.58. The molecule has 0 rings (SSSR count). The molecule has 1 unspecified atom stereocenters. The van der Waals surface area contributed by atoms with E-state index in [1.54, 1.807) is 0 Å². The molecule has 0 spiro atoms. The Morgan fingerprint density at radius 1 is 0.660 bits per heavy atom. The first-order valence-corrected chi connectivity index (χ1v) is 21.5. The predicted octanol–water partition coefficient (Wildman–Crippen LogP) is 10.8. The Morgan fingerprint density at radius 2 is 1.12 bits per heavy atom. The predicted molar refractivity (Wildman–Crippen MR) is 206 cm³/mol. The first-order valence-electron chi connectivity index (χ1n) is 20.0. The lowest BCUT2D eigenvalue weighted by Gasteiger charge is -2.24. The highest BCUT2D eigenvalue weighted by atomic mass is 31.2. The van der Waals surface area contributed by atoms with Crippen LogP contribution in [0.4, 0.5) is 0 Å². The summed E-state index contributed by atoms with van der Waals surface area (Å²) in [5.41, 5.74) is 0. The molecule has 50 heavy (non-hydrogen) atoms. The number of rotatable bonds is 37. The van der Waals surface area contributed by atoms with Crippen molar-refractivity contribution >= 4 is 19.8 Å². The normalized spacial score (nSPS) is 13.7. The van der Waals surface area contributed by atoms with Gasteiger partial charge in [0.2, 0.25) is 0 Å². The Morgan fingerprint density at radius 3 is 1.62 bits per heavy atom. The van der Waals surface area contributed by atoms with Crippen LogP contribution in [0, 0.1) is 0 Å². The number of likely N-dealkylation sites (N-methyl/N-ethyl adjacent to an activating group) is 1. The van der Waals surface area contributed by atoms with Crippen molar-refractivity contribution in [2.24, 2.45) is 0 Å². The van der Waals surface area contributed by atoms with Gasteiger partial charge in [-0.05, 0) is 44.9 Å². The highest BCUT2D eigenvalue weighted by molar-refractivity contribution is 7.47. The van der Waals surface area contributed by atoms with E-state index in [-0.39, 0.29) is 32.0 Å². The number of quaternary nitrogens is 1. The first kappa shape index (κ1) is 48.5. The number of ether oxygens (including phenoxy) is 2. The van der Waals surface area contributed by atoms with Gasteiger partial charge in [-0.25, -0.2) is 4.57 Å². The summed E-state index contributed by atoms with van der Waals surface area (Å²) >= 11 is 0. The monoisotopic (exact) mass is 731 g/mol. The second kappa shape index (κ2) is 33.3. The molecule has 0 aliphatic carbocycles. The zero-order valence-corrected chi connectivity index (χ0v) is 33.6. The Hall–Kier alpha value is -1.51. The van der Waals surface area contributed by atoms with Crippen LogP contribution >= 0.6 is 7.82 Å². The van der Waals surface area contributed by atoms with E-state index in [0.717, 1.165) is 64.2 Å². The largest absolute Gasteiger partial charge is 0.472 e. The van der Waals surface area contributed by atoms with E-state index in [1.165, 1.54) is 77.0 Å². The molecule has 0 aromatic rings. The van der Waals surface area contributed by atoms with Gasteiger partial charge in [0.1, 0.15) is 19.8 Å². The molecule has 0 aromatic carbocycles. The maximum atomic E-state index is 12.6. The van der Waals surface area contributed by atoms with Gasteiger partial charge in [0, 0.05) is 12.8 Å². The lowest BCUT2D eigenvalue weighted by molar-refractivity contribution is -0.870. The van der Waals surface area contributed by atoms with Crippen molar-refractivity contribution < 1.29 is 42.1 Å². The highest BCUT2D eigenvalue weighted by Gasteiger charge is 2.27. The van der Waals surface area contributed by atoms with Crippen molar-refractivity contribution in [3.05, 3.63) is 24.8 Å². The molecular formula is C40H77NO8P+. The molecule has 1 N–H and O–H groups in total. The van der Waals surface area contributed by atoms with Crippen LogP contribution in [0.5, 0.6) is 0 Å². The molecule has 0 radical (unpaired) electrons. The summed E-state index contributed by atoms with van der Waals surface area (Å²) in [6, 6.07) is 0. The number of carbonyl (C=O) groups excluding carboxylic acids is 2. The molecule has 0 saturated heterocycles. The van der Waals surface area contributed by atoms with Gasteiger partial charge in [0.15, 0.2) is 6.10 Å². The quantitative estimate of drug-likeness (QED) is 0.0221. The SMILES string of the molecule is C=CCCCCCCCCCCCCCCCC(=O)O[C@H](COC(=O)CCCCCCC/C=C/CCCC)COP(=O)(O)OCC[N+](C)(C)C. The van der Waals surface area contributed by atoms with Crippen LogP contribution in [-0.4, -0.2) is 74.9 Å². The van der Waals surface area contributed by atoms with Crippen molar-refractivity contribution in [3.8, 4) is 0 Å². The summed E-state index contributed by atoms with van der Waals surface area (Å²) in [4.78, 5) is 35.2. The third kappa shape index (κ3) is 36.3. The molecule has 0 fully saturated rings. The average Bonchev–Trinajstić information content (AvgIpc) is 3.06. The summed E-state index contributed by atoms with van der Waals surface area (Å²) in [7, 11) is 1.47. The number of hydrogen-bond acceptors (Lipinski definition) is 7. The minimum atomic E-state index is -4.37. The van der Waals surface area contributed by atoms with E-state index in [0.29, 0.717) is 17.4 Å². The van der Waals surface area contributed by atoms with Crippen LogP contribution in [0.3, 0.4) is 0 Å². The van der Waals surface area contributed by atoms with Gasteiger partial charge in [0.25, 0.3) is 0 Å². The third-order valence-electron chi connectivity index (χ3n) is 8.60. The molecule has 0 bridgehead atoms. The molecule has 9 nitrogen and oxygen atoms in total. The van der Waals surface area contributed by atoms with E-state index in [4.69, 9.17) is 18.5 Å². The second-order valence-electron chi connectivity index (χ2n) is 14.7. The van der Waals surface area contributed by atoms with Crippen LogP contribution in [0.2, 0.25) is 0 Å². The number of allylic oxidation sites excluding steroid dienone is 3. The zero-order valence-electron chi connectivity index (χ0n) is 32.7. The number of carbonyl (C=O) groups is 2. The van der Waals surface area contributed by atoms with Crippen LogP contribution in [0.25, 0.3) is 0 Å². The molecule has 0 saturated carbocycles. The molecule has 0 aliphatic rings. The Labute approximate surface area is 307 Å². The summed E-state index contributed by atoms with van der Waals surface area (Å²) in [5, 5.41) is 0. The number of hydrogen-bond donors (Lipinski definition) is 1. The first-order chi connectivity index (χ1) is 24.0. The number of esters is 2. The summed E-state index contributed by atoms with van der Waals surface area (Å²) in [6.07, 6.45) is 32.6. The summed E-state index contributed by atoms with van der Waals surface area (Å²) < 4.78 is 34.2. The Kier molecular flexibility index (Phi) is 32.3. The average molecular weight is 731 g/mol. The van der Waals surface area contributed by atoms with E-state index in [1.807, 2.05) is 27.2 Å². The van der Waals surface area contributed by atoms with Gasteiger partial charge in [0.05, 0.1) is 27.7 Å². The van der Waals surface area contributed by atoms with Crippen LogP contribution in [0.15, 0.2) is 24.8 Å². The fourth-order valence-corrected chi connectivity index (χ4v) is 6.13. The second-order valence-corrected chi connectivity index (χ2v) is 16.2. The van der Waals surface area contributed by atoms with Gasteiger partial charge in [-0.1, -0.05) is 128 Å². The summed E-state index contributed by atoms with van der Waals surface area (Å²) in [6.45, 7) is 5.88. The van der Waals surface area contributed by atoms with E-state index < -0.39 is 26.5 Å². The van der Waals surface area contributed by atoms with Crippen molar-refractivity contribution in [1.82, 2.24) is 0 Å². The van der Waals surface area contributed by atoms with Crippen molar-refractivity contribution in [2.45, 2.75) is 174 Å². The maximum Gasteiger partial charge on any atom is 0.472 e. The lowest BCUT2D eigenvalue weighted by atomic mass is 10.0. The van der Waals surface area contributed by atoms with Gasteiger partial charge in [-0.3, -0.25) is 18.6 Å². The number of phosphoric ester groups is 1. The minimum Gasteiger partial charge on any atom is -0.462 e. The fraction of sp³-hybridized carbons (Fsp3) is 0.850. The van der Waals surface area contributed by atoms with Gasteiger partial charge in [-0.15, -0.1) is 6.58 Å². The fourth-order valence-electron chi connectivity index (χ4n) is 5.39. The van der Waals surface area contributed by atoms with E-state index >= 15 is 0 Å². The lowest BCUT2D eigenvalue weighted by Crippen LogP contribution is -2.37. The van der Waals surface area contributed by atoms with Gasteiger partial charge < -0.3 is 18.9 Å². The maximum absolute atomic E-state index is 12.6. The Balaban J connectivity index is 4.39. The topological polar surface area (TPSA) is 108 Å². The zero-order chi connectivity index (χ0) is 37.2. The molecular weight excluding hydrogens is 653 g/mol. The molecule has 0 aromatic heterocycles. The molecule has 0 amide bonds. The van der Waals surface area contributed by atoms with Crippen LogP contribution in [0.1, 0.15) is 167 Å². The van der Waals surface area contributed by atoms with Crippen molar-refractivity contribution in [2.75, 3.05) is 47.5 Å². The number of nitrogens with zero attached hydrogens (tertiary/aromatic N) is 1. The van der Waals surface area contributed by atoms with Crippen molar-refractivity contribution in [1.29, 1.82) is 0 Å². The molecule has 10 heteroatoms. The summed E-state index contributed by atoms with van der Waals surface area (Å²) in [5.74, 6) is -0.811. The molecule has 0 aliphatic heterocycles. The molecule has 294 valence electrons. The van der Waals surface area contributed by atoms with E-state index in [9.17, 15) is 19.0 Å². The standard InChI is InChI=1S/C40H76NO8P/c1-6-8-10-12-14-16-18-19-20-21-23-25-27-29-31-33-40(43)49-38(37-48-50(44,45)47-35-34-41(3,4)5)36-46-39(42)32-30-28-26-24-22-17-15-13-11-9-7-2/h6,13,15,38H,1,7-12,14,16-37H2,2-5H3/p+1/b15-13+/t38-/m1/s1. The molecule has 2 atom stereocenters. The van der Waals surface area contributed by atoms with Crippen LogP contribution in [-0.2, 0) is 32.7 Å². The van der Waals surface area contributed by atoms with Gasteiger partial charge in [-0.2, -0.15) is 0 Å². The Bertz CT molecular complexity index is 904. The molecule has 0 heterocycles.